The number of thiophene rings is 1. The largest absolute Gasteiger partial charge is 0.469 e. The Morgan fingerprint density at radius 1 is 1.15 bits per heavy atom. The van der Waals surface area contributed by atoms with Crippen LogP contribution in [0, 0.1) is 6.92 Å². The van der Waals surface area contributed by atoms with Gasteiger partial charge in [0.25, 0.3) is 5.91 Å². The van der Waals surface area contributed by atoms with Crippen LogP contribution in [-0.4, -0.2) is 32.3 Å². The number of thioether (sulfide) groups is 1. The number of anilines is 2. The van der Waals surface area contributed by atoms with Gasteiger partial charge in [0.15, 0.2) is 11.0 Å². The number of aromatic nitrogens is 3. The molecular formula is C23H21N5O3S2. The zero-order valence-electron chi connectivity index (χ0n) is 17.8. The lowest BCUT2D eigenvalue weighted by Crippen LogP contribution is -2.15. The van der Waals surface area contributed by atoms with Crippen molar-refractivity contribution in [2.24, 2.45) is 0 Å². The fraction of sp³-hybridized carbons (Fsp3) is 0.130. The molecule has 0 atom stereocenters. The summed E-state index contributed by atoms with van der Waals surface area (Å²) in [6.45, 7) is 6.17. The Morgan fingerprint density at radius 2 is 1.91 bits per heavy atom. The Balaban J connectivity index is 1.35. The van der Waals surface area contributed by atoms with E-state index < -0.39 is 0 Å². The van der Waals surface area contributed by atoms with E-state index in [4.69, 9.17) is 4.42 Å². The van der Waals surface area contributed by atoms with Crippen molar-refractivity contribution in [1.29, 1.82) is 0 Å². The maximum Gasteiger partial charge on any atom is 0.265 e. The maximum atomic E-state index is 12.5. The number of allylic oxidation sites excluding steroid dienone is 1. The van der Waals surface area contributed by atoms with Crippen LogP contribution in [0.4, 0.5) is 11.4 Å². The minimum Gasteiger partial charge on any atom is -0.469 e. The number of carbonyl (C=O) groups excluding carboxylic acids is 2. The lowest BCUT2D eigenvalue weighted by Gasteiger charge is -2.09. The lowest BCUT2D eigenvalue weighted by atomic mass is 10.2. The highest BCUT2D eigenvalue weighted by molar-refractivity contribution is 7.99. The number of benzene rings is 1. The summed E-state index contributed by atoms with van der Waals surface area (Å²) >= 11 is 2.67. The summed E-state index contributed by atoms with van der Waals surface area (Å²) in [6, 6.07) is 12.4. The third-order valence-corrected chi connectivity index (χ3v) is 6.47. The zero-order valence-corrected chi connectivity index (χ0v) is 19.4. The summed E-state index contributed by atoms with van der Waals surface area (Å²) in [5.74, 6) is 1.24. The highest BCUT2D eigenvalue weighted by atomic mass is 32.2. The molecule has 4 aromatic rings. The van der Waals surface area contributed by atoms with Crippen molar-refractivity contribution in [2.75, 3.05) is 16.4 Å². The second-order valence-corrected chi connectivity index (χ2v) is 8.83. The molecule has 0 fully saturated rings. The Kier molecular flexibility index (Phi) is 7.06. The normalized spacial score (nSPS) is 10.7. The second-order valence-electron chi connectivity index (χ2n) is 6.94. The Hall–Kier alpha value is -3.63. The Morgan fingerprint density at radius 3 is 2.55 bits per heavy atom. The number of carbonyl (C=O) groups is 2. The van der Waals surface area contributed by atoms with E-state index in [9.17, 15) is 9.59 Å². The van der Waals surface area contributed by atoms with E-state index in [0.717, 1.165) is 11.3 Å². The van der Waals surface area contributed by atoms with Crippen LogP contribution in [0.15, 0.2) is 76.3 Å². The number of rotatable bonds is 9. The molecule has 0 aliphatic rings. The predicted octanol–water partition coefficient (Wildman–Crippen LogP) is 5.08. The molecular weight excluding hydrogens is 458 g/mol. The number of hydrogen-bond acceptors (Lipinski definition) is 7. The van der Waals surface area contributed by atoms with Crippen molar-refractivity contribution in [2.45, 2.75) is 18.6 Å². The monoisotopic (exact) mass is 479 g/mol. The minimum atomic E-state index is -0.176. The summed E-state index contributed by atoms with van der Waals surface area (Å²) in [5, 5.41) is 16.7. The van der Waals surface area contributed by atoms with Crippen molar-refractivity contribution >= 4 is 46.3 Å². The fourth-order valence-electron chi connectivity index (χ4n) is 3.07. The van der Waals surface area contributed by atoms with E-state index in [-0.39, 0.29) is 17.6 Å². The molecule has 3 aromatic heterocycles. The van der Waals surface area contributed by atoms with Gasteiger partial charge in [-0.1, -0.05) is 23.9 Å². The maximum absolute atomic E-state index is 12.5. The molecule has 3 heterocycles. The van der Waals surface area contributed by atoms with Crippen molar-refractivity contribution in [1.82, 2.24) is 14.8 Å². The number of hydrogen-bond donors (Lipinski definition) is 2. The highest BCUT2D eigenvalue weighted by Crippen LogP contribution is 2.27. The Bertz CT molecular complexity index is 1260. The van der Waals surface area contributed by atoms with Crippen LogP contribution in [0.25, 0.3) is 11.4 Å². The van der Waals surface area contributed by atoms with E-state index in [2.05, 4.69) is 27.4 Å². The van der Waals surface area contributed by atoms with Gasteiger partial charge in [-0.3, -0.25) is 14.2 Å². The van der Waals surface area contributed by atoms with Gasteiger partial charge in [-0.2, -0.15) is 0 Å². The molecule has 0 unspecified atom stereocenters. The smallest absolute Gasteiger partial charge is 0.265 e. The average molecular weight is 480 g/mol. The first-order valence-electron chi connectivity index (χ1n) is 10.0. The molecule has 2 amide bonds. The van der Waals surface area contributed by atoms with Gasteiger partial charge in [0, 0.05) is 17.9 Å². The topological polar surface area (TPSA) is 102 Å². The molecule has 0 saturated carbocycles. The van der Waals surface area contributed by atoms with Gasteiger partial charge in [0.05, 0.1) is 22.5 Å². The zero-order chi connectivity index (χ0) is 23.2. The molecule has 8 nitrogen and oxygen atoms in total. The summed E-state index contributed by atoms with van der Waals surface area (Å²) in [6.07, 6.45) is 3.36. The third kappa shape index (κ3) is 5.41. The van der Waals surface area contributed by atoms with E-state index >= 15 is 0 Å². The molecule has 0 aliphatic carbocycles. The molecule has 1 aromatic carbocycles. The molecule has 168 valence electrons. The van der Waals surface area contributed by atoms with Gasteiger partial charge in [-0.25, -0.2) is 0 Å². The molecule has 0 radical (unpaired) electrons. The van der Waals surface area contributed by atoms with Gasteiger partial charge in [0.1, 0.15) is 5.76 Å². The molecule has 0 saturated heterocycles. The van der Waals surface area contributed by atoms with E-state index in [0.29, 0.717) is 33.8 Å². The van der Waals surface area contributed by atoms with Crippen molar-refractivity contribution in [3.63, 3.8) is 0 Å². The predicted molar refractivity (Wildman–Crippen MR) is 131 cm³/mol. The minimum absolute atomic E-state index is 0.160. The summed E-state index contributed by atoms with van der Waals surface area (Å²) in [4.78, 5) is 25.2. The molecule has 10 heteroatoms. The SMILES string of the molecule is C=CCn1c(SCC(=O)Nc2ccc(NC(=O)c3cccs3)cc2)nnc1-c1ccoc1C. The standard InChI is InChI=1S/C23H21N5O3S2/c1-3-11-28-21(18-10-12-31-15(18)2)26-27-23(28)33-14-20(29)24-16-6-8-17(9-7-16)25-22(30)19-5-4-13-32-19/h3-10,12-13H,1,11,14H2,2H3,(H,24,29)(H,25,30). The van der Waals surface area contributed by atoms with Crippen molar-refractivity contribution in [3.8, 4) is 11.4 Å². The van der Waals surface area contributed by atoms with Crippen LogP contribution >= 0.6 is 23.1 Å². The van der Waals surface area contributed by atoms with Crippen LogP contribution in [0.2, 0.25) is 0 Å². The molecule has 2 N–H and O–H groups in total. The average Bonchev–Trinajstić information content (AvgIpc) is 3.56. The lowest BCUT2D eigenvalue weighted by molar-refractivity contribution is -0.113. The van der Waals surface area contributed by atoms with Crippen molar-refractivity contribution in [3.05, 3.63) is 77.4 Å². The molecule has 0 bridgehead atoms. The second kappa shape index (κ2) is 10.3. The first kappa shape index (κ1) is 22.6. The Labute approximate surface area is 198 Å². The van der Waals surface area contributed by atoms with Crippen molar-refractivity contribution < 1.29 is 14.0 Å². The van der Waals surface area contributed by atoms with Crippen LogP contribution in [-0.2, 0) is 11.3 Å². The van der Waals surface area contributed by atoms with Crippen LogP contribution < -0.4 is 10.6 Å². The van der Waals surface area contributed by atoms with E-state index in [1.807, 2.05) is 29.0 Å². The third-order valence-electron chi connectivity index (χ3n) is 4.63. The van der Waals surface area contributed by atoms with Gasteiger partial charge in [-0.15, -0.1) is 28.1 Å². The molecule has 0 aliphatic heterocycles. The van der Waals surface area contributed by atoms with Gasteiger partial charge >= 0.3 is 0 Å². The van der Waals surface area contributed by atoms with Crippen LogP contribution in [0.1, 0.15) is 15.4 Å². The van der Waals surface area contributed by atoms with Gasteiger partial charge < -0.3 is 15.1 Å². The first-order valence-corrected chi connectivity index (χ1v) is 11.9. The van der Waals surface area contributed by atoms with Gasteiger partial charge in [-0.05, 0) is 48.7 Å². The molecule has 4 rings (SSSR count). The van der Waals surface area contributed by atoms with E-state index in [1.165, 1.54) is 23.1 Å². The van der Waals surface area contributed by atoms with Gasteiger partial charge in [0.2, 0.25) is 5.91 Å². The number of aryl methyl sites for hydroxylation is 1. The highest BCUT2D eigenvalue weighted by Gasteiger charge is 2.17. The quantitative estimate of drug-likeness (QED) is 0.256. The number of nitrogens with zero attached hydrogens (tertiary/aromatic N) is 3. The van der Waals surface area contributed by atoms with E-state index in [1.54, 1.807) is 42.7 Å². The van der Waals surface area contributed by atoms with Crippen LogP contribution in [0.5, 0.6) is 0 Å². The molecule has 33 heavy (non-hydrogen) atoms. The van der Waals surface area contributed by atoms with Crippen LogP contribution in [0.3, 0.4) is 0 Å². The number of nitrogens with one attached hydrogen (secondary N) is 2. The summed E-state index contributed by atoms with van der Waals surface area (Å²) in [7, 11) is 0. The summed E-state index contributed by atoms with van der Waals surface area (Å²) < 4.78 is 7.27. The number of furan rings is 1. The fourth-order valence-corrected chi connectivity index (χ4v) is 4.44. The molecule has 0 spiro atoms. The summed E-state index contributed by atoms with van der Waals surface area (Å²) in [5.41, 5.74) is 2.14. The number of amides is 2. The first-order chi connectivity index (χ1) is 16.0.